The Hall–Kier alpha value is -2.04. The van der Waals surface area contributed by atoms with Crippen LogP contribution in [0.1, 0.15) is 24.2 Å². The molecule has 0 saturated heterocycles. The molecule has 0 amide bonds. The summed E-state index contributed by atoms with van der Waals surface area (Å²) in [5.74, 6) is 0.331. The van der Waals surface area contributed by atoms with E-state index in [0.29, 0.717) is 6.54 Å². The van der Waals surface area contributed by atoms with Gasteiger partial charge in [-0.2, -0.15) is 0 Å². The van der Waals surface area contributed by atoms with Crippen molar-refractivity contribution < 1.29 is 15.3 Å². The van der Waals surface area contributed by atoms with Crippen molar-refractivity contribution in [3.05, 3.63) is 59.7 Å². The minimum atomic E-state index is -0.635. The zero-order valence-electron chi connectivity index (χ0n) is 12.0. The summed E-state index contributed by atoms with van der Waals surface area (Å²) < 4.78 is 0. The second kappa shape index (κ2) is 7.11. The van der Waals surface area contributed by atoms with Crippen molar-refractivity contribution in [2.24, 2.45) is 0 Å². The molecule has 2 aromatic rings. The monoisotopic (exact) mass is 286 g/mol. The molecule has 0 unspecified atom stereocenters. The van der Waals surface area contributed by atoms with Crippen molar-refractivity contribution in [2.45, 2.75) is 25.5 Å². The molecule has 111 valence electrons. The first kappa shape index (κ1) is 15.4. The molecule has 2 rings (SSSR count). The molecule has 21 heavy (non-hydrogen) atoms. The van der Waals surface area contributed by atoms with Gasteiger partial charge in [-0.15, -0.1) is 0 Å². The maximum atomic E-state index is 10.1. The van der Waals surface area contributed by atoms with Gasteiger partial charge in [-0.1, -0.05) is 18.2 Å². The molecule has 2 atom stereocenters. The first-order chi connectivity index (χ1) is 10.0. The van der Waals surface area contributed by atoms with Crippen molar-refractivity contribution in [2.75, 3.05) is 6.54 Å². The van der Waals surface area contributed by atoms with Gasteiger partial charge in [0, 0.05) is 18.7 Å². The molecule has 0 aliphatic heterocycles. The van der Waals surface area contributed by atoms with Crippen LogP contribution >= 0.6 is 0 Å². The number of aliphatic hydroxyl groups is 1. The second-order valence-electron chi connectivity index (χ2n) is 5.20. The molecule has 0 saturated carbocycles. The van der Waals surface area contributed by atoms with E-state index in [0.717, 1.165) is 17.5 Å². The largest absolute Gasteiger partial charge is 0.508 e. The molecular weight excluding hydrogens is 266 g/mol. The average molecular weight is 286 g/mol. The van der Waals surface area contributed by atoms with Gasteiger partial charge in [-0.3, -0.25) is 0 Å². The summed E-state index contributed by atoms with van der Waals surface area (Å²) in [6.45, 7) is 2.47. The van der Waals surface area contributed by atoms with Gasteiger partial charge in [0.05, 0.1) is 6.10 Å². The standard InChI is InChI=1S/C17H20NO3/c1-12(10-13-2-6-15(19)7-3-13)18-11-17(21)14-4-8-16(20)9-5-14/h2-8,12,17-21H,10-11H2,1H3/t12-,17-/m1/s1. The fourth-order valence-electron chi connectivity index (χ4n) is 2.12. The van der Waals surface area contributed by atoms with E-state index in [-0.39, 0.29) is 17.5 Å². The van der Waals surface area contributed by atoms with E-state index in [9.17, 15) is 10.2 Å². The maximum absolute atomic E-state index is 10.1. The third kappa shape index (κ3) is 4.77. The number of hydrogen-bond donors (Lipinski definition) is 4. The van der Waals surface area contributed by atoms with Gasteiger partial charge in [0.15, 0.2) is 0 Å². The highest BCUT2D eigenvalue weighted by Crippen LogP contribution is 2.16. The molecule has 4 heteroatoms. The Balaban J connectivity index is 1.81. The summed E-state index contributed by atoms with van der Waals surface area (Å²) in [5.41, 5.74) is 1.84. The Morgan fingerprint density at radius 2 is 1.81 bits per heavy atom. The fraction of sp³-hybridized carbons (Fsp3) is 0.294. The summed E-state index contributed by atoms with van der Waals surface area (Å²) in [6, 6.07) is 14.8. The zero-order valence-corrected chi connectivity index (χ0v) is 12.0. The van der Waals surface area contributed by atoms with Crippen LogP contribution in [0.4, 0.5) is 0 Å². The van der Waals surface area contributed by atoms with E-state index in [2.05, 4.69) is 11.4 Å². The number of phenolic OH excluding ortho intramolecular Hbond substituents is 2. The molecule has 0 aromatic heterocycles. The second-order valence-corrected chi connectivity index (χ2v) is 5.20. The number of hydrogen-bond acceptors (Lipinski definition) is 4. The minimum Gasteiger partial charge on any atom is -0.508 e. The van der Waals surface area contributed by atoms with Crippen LogP contribution in [-0.4, -0.2) is 27.9 Å². The predicted octanol–water partition coefficient (Wildman–Crippen LogP) is 2.15. The van der Waals surface area contributed by atoms with Crippen LogP contribution in [0, 0.1) is 6.07 Å². The minimum absolute atomic E-state index is 0.0691. The molecule has 0 aliphatic carbocycles. The van der Waals surface area contributed by atoms with Gasteiger partial charge in [0.25, 0.3) is 0 Å². The lowest BCUT2D eigenvalue weighted by molar-refractivity contribution is 0.170. The first-order valence-corrected chi connectivity index (χ1v) is 6.94. The fourth-order valence-corrected chi connectivity index (χ4v) is 2.12. The Bertz CT molecular complexity index is 551. The smallest absolute Gasteiger partial charge is 0.123 e. The number of benzene rings is 2. The lowest BCUT2D eigenvalue weighted by atomic mass is 10.1. The molecule has 0 heterocycles. The average Bonchev–Trinajstić information content (AvgIpc) is 2.48. The van der Waals surface area contributed by atoms with E-state index >= 15 is 0 Å². The Kier molecular flexibility index (Phi) is 5.20. The van der Waals surface area contributed by atoms with E-state index in [1.807, 2.05) is 19.1 Å². The topological polar surface area (TPSA) is 72.7 Å². The van der Waals surface area contributed by atoms with Crippen molar-refractivity contribution in [3.8, 4) is 11.5 Å². The van der Waals surface area contributed by atoms with Crippen molar-refractivity contribution in [1.82, 2.24) is 5.32 Å². The van der Waals surface area contributed by atoms with Crippen molar-refractivity contribution >= 4 is 0 Å². The van der Waals surface area contributed by atoms with Crippen LogP contribution < -0.4 is 5.32 Å². The van der Waals surface area contributed by atoms with E-state index in [4.69, 9.17) is 5.11 Å². The van der Waals surface area contributed by atoms with Crippen LogP contribution in [0.25, 0.3) is 0 Å². The zero-order chi connectivity index (χ0) is 15.2. The maximum Gasteiger partial charge on any atom is 0.123 e. The number of rotatable bonds is 6. The molecule has 0 aliphatic rings. The summed E-state index contributed by atoms with van der Waals surface area (Å²) in [6.07, 6.45) is 0.179. The number of aliphatic hydroxyl groups excluding tert-OH is 1. The van der Waals surface area contributed by atoms with E-state index < -0.39 is 6.10 Å². The van der Waals surface area contributed by atoms with Crippen molar-refractivity contribution in [1.29, 1.82) is 0 Å². The third-order valence-electron chi connectivity index (χ3n) is 3.34. The molecule has 2 aromatic carbocycles. The molecule has 1 radical (unpaired) electrons. The Labute approximate surface area is 124 Å². The SMILES string of the molecule is C[C@H](Cc1ccc(O)cc1)NC[C@@H](O)c1c[c]c(O)cc1. The predicted molar refractivity (Wildman–Crippen MR) is 81.2 cm³/mol. The molecule has 0 fully saturated rings. The van der Waals surface area contributed by atoms with Gasteiger partial charge in [0.2, 0.25) is 0 Å². The molecular formula is C17H20NO3. The Morgan fingerprint density at radius 1 is 1.10 bits per heavy atom. The highest BCUT2D eigenvalue weighted by atomic mass is 16.3. The van der Waals surface area contributed by atoms with Gasteiger partial charge in [0.1, 0.15) is 11.5 Å². The lowest BCUT2D eigenvalue weighted by Crippen LogP contribution is -2.32. The lowest BCUT2D eigenvalue weighted by Gasteiger charge is -2.17. The number of nitrogens with one attached hydrogen (secondary N) is 1. The van der Waals surface area contributed by atoms with Gasteiger partial charge >= 0.3 is 0 Å². The molecule has 0 spiro atoms. The van der Waals surface area contributed by atoms with E-state index in [1.54, 1.807) is 24.3 Å². The first-order valence-electron chi connectivity index (χ1n) is 6.94. The normalized spacial score (nSPS) is 13.8. The molecule has 4 N–H and O–H groups in total. The highest BCUT2D eigenvalue weighted by molar-refractivity contribution is 5.27. The number of aromatic hydroxyl groups is 2. The Morgan fingerprint density at radius 3 is 2.43 bits per heavy atom. The third-order valence-corrected chi connectivity index (χ3v) is 3.34. The van der Waals surface area contributed by atoms with Crippen LogP contribution in [-0.2, 0) is 6.42 Å². The van der Waals surface area contributed by atoms with Crippen LogP contribution in [0.15, 0.2) is 42.5 Å². The van der Waals surface area contributed by atoms with Gasteiger partial charge < -0.3 is 20.6 Å². The van der Waals surface area contributed by atoms with Crippen LogP contribution in [0.2, 0.25) is 0 Å². The molecule has 4 nitrogen and oxygen atoms in total. The van der Waals surface area contributed by atoms with Crippen LogP contribution in [0.5, 0.6) is 11.5 Å². The summed E-state index contributed by atoms with van der Waals surface area (Å²) >= 11 is 0. The van der Waals surface area contributed by atoms with E-state index in [1.165, 1.54) is 6.07 Å². The van der Waals surface area contributed by atoms with Gasteiger partial charge in [-0.05, 0) is 48.7 Å². The van der Waals surface area contributed by atoms with Crippen molar-refractivity contribution in [3.63, 3.8) is 0 Å². The van der Waals surface area contributed by atoms with Crippen LogP contribution in [0.3, 0.4) is 0 Å². The summed E-state index contributed by atoms with van der Waals surface area (Å²) in [7, 11) is 0. The molecule has 0 bridgehead atoms. The van der Waals surface area contributed by atoms with Gasteiger partial charge in [-0.25, -0.2) is 0 Å². The number of phenols is 2. The summed E-state index contributed by atoms with van der Waals surface area (Å²) in [4.78, 5) is 0. The summed E-state index contributed by atoms with van der Waals surface area (Å²) in [5, 5.41) is 31.7. The highest BCUT2D eigenvalue weighted by Gasteiger charge is 2.10. The quantitative estimate of drug-likeness (QED) is 0.656.